The number of methoxy groups -OCH3 is 1. The first-order chi connectivity index (χ1) is 9.86. The molecule has 0 aliphatic rings. The van der Waals surface area contributed by atoms with Crippen molar-refractivity contribution in [1.29, 1.82) is 0 Å². The van der Waals surface area contributed by atoms with Crippen LogP contribution in [0.25, 0.3) is 0 Å². The van der Waals surface area contributed by atoms with Crippen molar-refractivity contribution in [1.82, 2.24) is 10.6 Å². The van der Waals surface area contributed by atoms with E-state index in [0.29, 0.717) is 11.6 Å². The Kier molecular flexibility index (Phi) is 6.95. The number of hydrogen-bond acceptors (Lipinski definition) is 3. The Morgan fingerprint density at radius 2 is 2.05 bits per heavy atom. The highest BCUT2D eigenvalue weighted by molar-refractivity contribution is 6.31. The minimum Gasteiger partial charge on any atom is -0.389 e. The highest BCUT2D eigenvalue weighted by Crippen LogP contribution is 2.28. The highest BCUT2D eigenvalue weighted by atomic mass is 35.5. The Balaban J connectivity index is 2.46. The van der Waals surface area contributed by atoms with Crippen LogP contribution in [-0.4, -0.2) is 44.0 Å². The van der Waals surface area contributed by atoms with Gasteiger partial charge in [0.15, 0.2) is 0 Å². The molecule has 1 aromatic rings. The van der Waals surface area contributed by atoms with Crippen molar-refractivity contribution in [2.24, 2.45) is 0 Å². The van der Waals surface area contributed by atoms with Crippen molar-refractivity contribution in [3.05, 3.63) is 34.9 Å². The predicted molar refractivity (Wildman–Crippen MR) is 83.8 cm³/mol. The first kappa shape index (κ1) is 17.8. The second-order valence-corrected chi connectivity index (χ2v) is 5.94. The summed E-state index contributed by atoms with van der Waals surface area (Å²) < 4.78 is 4.78. The zero-order valence-corrected chi connectivity index (χ0v) is 13.4. The number of aliphatic hydroxyl groups excluding tert-OH is 1. The maximum atomic E-state index is 11.7. The summed E-state index contributed by atoms with van der Waals surface area (Å²) >= 11 is 6.19. The van der Waals surface area contributed by atoms with Crippen molar-refractivity contribution >= 4 is 17.6 Å². The number of carbonyl (C=O) groups is 1. The van der Waals surface area contributed by atoms with E-state index >= 15 is 0 Å². The van der Waals surface area contributed by atoms with Crippen LogP contribution in [0.4, 0.5) is 4.79 Å². The van der Waals surface area contributed by atoms with E-state index in [-0.39, 0.29) is 24.6 Å². The van der Waals surface area contributed by atoms with Gasteiger partial charge in [-0.05, 0) is 11.6 Å². The summed E-state index contributed by atoms with van der Waals surface area (Å²) in [5.41, 5.74) is 0.687. The van der Waals surface area contributed by atoms with Crippen LogP contribution >= 0.6 is 11.6 Å². The minimum atomic E-state index is -0.711. The molecule has 0 saturated heterocycles. The van der Waals surface area contributed by atoms with E-state index in [0.717, 1.165) is 5.56 Å². The van der Waals surface area contributed by atoms with Gasteiger partial charge in [-0.1, -0.05) is 43.6 Å². The first-order valence-corrected chi connectivity index (χ1v) is 7.18. The number of ether oxygens (including phenoxy) is 1. The predicted octanol–water partition coefficient (Wildman–Crippen LogP) is 1.92. The van der Waals surface area contributed by atoms with Crippen LogP contribution < -0.4 is 10.6 Å². The summed E-state index contributed by atoms with van der Waals surface area (Å²) in [5, 5.41) is 15.5. The number of benzene rings is 1. The molecule has 21 heavy (non-hydrogen) atoms. The molecule has 0 radical (unpaired) electrons. The summed E-state index contributed by atoms with van der Waals surface area (Å²) in [7, 11) is 1.50. The fraction of sp³-hybridized carbons (Fsp3) is 0.533. The van der Waals surface area contributed by atoms with Crippen molar-refractivity contribution in [3.63, 3.8) is 0 Å². The van der Waals surface area contributed by atoms with Crippen LogP contribution in [0.2, 0.25) is 5.02 Å². The summed E-state index contributed by atoms with van der Waals surface area (Å²) in [6.45, 7) is 4.78. The number of halogens is 1. The summed E-state index contributed by atoms with van der Waals surface area (Å²) in [4.78, 5) is 11.7. The SMILES string of the molecule is COCC(O)CNC(=O)NCC(C)(C)c1ccccc1Cl. The molecule has 3 N–H and O–H groups in total. The van der Waals surface area contributed by atoms with Crippen molar-refractivity contribution in [3.8, 4) is 0 Å². The molecule has 118 valence electrons. The Morgan fingerprint density at radius 3 is 2.67 bits per heavy atom. The van der Waals surface area contributed by atoms with Gasteiger partial charge < -0.3 is 20.5 Å². The topological polar surface area (TPSA) is 70.6 Å². The lowest BCUT2D eigenvalue weighted by molar-refractivity contribution is 0.0659. The van der Waals surface area contributed by atoms with Crippen molar-refractivity contribution in [2.45, 2.75) is 25.4 Å². The maximum Gasteiger partial charge on any atom is 0.314 e. The van der Waals surface area contributed by atoms with E-state index in [1.54, 1.807) is 0 Å². The fourth-order valence-electron chi connectivity index (χ4n) is 1.93. The van der Waals surface area contributed by atoms with Gasteiger partial charge in [0.2, 0.25) is 0 Å². The number of amides is 2. The van der Waals surface area contributed by atoms with E-state index in [9.17, 15) is 9.90 Å². The average molecular weight is 315 g/mol. The van der Waals surface area contributed by atoms with Crippen molar-refractivity contribution in [2.75, 3.05) is 26.8 Å². The van der Waals surface area contributed by atoms with Crippen LogP contribution in [0.3, 0.4) is 0 Å². The standard InChI is InChI=1S/C15H23ClN2O3/c1-15(2,12-6-4-5-7-13(12)16)10-18-14(20)17-8-11(19)9-21-3/h4-7,11,19H,8-10H2,1-3H3,(H2,17,18,20). The first-order valence-electron chi connectivity index (χ1n) is 6.80. The highest BCUT2D eigenvalue weighted by Gasteiger charge is 2.23. The molecule has 0 aliphatic heterocycles. The molecule has 1 unspecified atom stereocenters. The van der Waals surface area contributed by atoms with Gasteiger partial charge in [0.05, 0.1) is 12.7 Å². The number of nitrogens with one attached hydrogen (secondary N) is 2. The maximum absolute atomic E-state index is 11.7. The lowest BCUT2D eigenvalue weighted by Gasteiger charge is -2.26. The molecule has 1 rings (SSSR count). The molecule has 0 fully saturated rings. The van der Waals surface area contributed by atoms with Gasteiger partial charge in [0.25, 0.3) is 0 Å². The third-order valence-corrected chi connectivity index (χ3v) is 3.48. The third-order valence-electron chi connectivity index (χ3n) is 3.15. The van der Waals surface area contributed by atoms with Gasteiger partial charge in [0.1, 0.15) is 0 Å². The average Bonchev–Trinajstić information content (AvgIpc) is 2.43. The van der Waals surface area contributed by atoms with Gasteiger partial charge in [-0.2, -0.15) is 0 Å². The minimum absolute atomic E-state index is 0.145. The number of rotatable bonds is 7. The Labute approximate surface area is 130 Å². The van der Waals surface area contributed by atoms with Gasteiger partial charge in [-0.25, -0.2) is 4.79 Å². The van der Waals surface area contributed by atoms with Crippen molar-refractivity contribution < 1.29 is 14.6 Å². The van der Waals surface area contributed by atoms with Gasteiger partial charge in [-0.3, -0.25) is 0 Å². The summed E-state index contributed by atoms with van der Waals surface area (Å²) in [6.07, 6.45) is -0.711. The quantitative estimate of drug-likeness (QED) is 0.720. The van der Waals surface area contributed by atoms with Gasteiger partial charge in [-0.15, -0.1) is 0 Å². The zero-order chi connectivity index (χ0) is 15.9. The Hall–Kier alpha value is -1.30. The van der Waals surface area contributed by atoms with Crippen LogP contribution in [0, 0.1) is 0 Å². The number of hydrogen-bond donors (Lipinski definition) is 3. The monoisotopic (exact) mass is 314 g/mol. The van der Waals surface area contributed by atoms with E-state index in [1.807, 2.05) is 38.1 Å². The van der Waals surface area contributed by atoms with E-state index < -0.39 is 6.10 Å². The second kappa shape index (κ2) is 8.22. The molecule has 0 aliphatic carbocycles. The second-order valence-electron chi connectivity index (χ2n) is 5.54. The number of urea groups is 1. The van der Waals surface area contributed by atoms with Crippen LogP contribution in [-0.2, 0) is 10.2 Å². The number of aliphatic hydroxyl groups is 1. The van der Waals surface area contributed by atoms with Crippen LogP contribution in [0.15, 0.2) is 24.3 Å². The smallest absolute Gasteiger partial charge is 0.314 e. The molecular weight excluding hydrogens is 292 g/mol. The molecule has 1 atom stereocenters. The molecule has 2 amide bonds. The van der Waals surface area contributed by atoms with E-state index in [4.69, 9.17) is 16.3 Å². The van der Waals surface area contributed by atoms with E-state index in [2.05, 4.69) is 10.6 Å². The lowest BCUT2D eigenvalue weighted by Crippen LogP contribution is -2.45. The molecule has 6 heteroatoms. The molecule has 0 bridgehead atoms. The molecule has 0 aromatic heterocycles. The lowest BCUT2D eigenvalue weighted by atomic mass is 9.84. The summed E-state index contributed by atoms with van der Waals surface area (Å²) in [6, 6.07) is 7.25. The molecular formula is C15H23ClN2O3. The molecule has 0 heterocycles. The van der Waals surface area contributed by atoms with Crippen LogP contribution in [0.1, 0.15) is 19.4 Å². The summed E-state index contributed by atoms with van der Waals surface area (Å²) in [5.74, 6) is 0. The third kappa shape index (κ3) is 5.91. The Bertz CT molecular complexity index is 466. The largest absolute Gasteiger partial charge is 0.389 e. The Morgan fingerprint density at radius 1 is 1.38 bits per heavy atom. The van der Waals surface area contributed by atoms with Gasteiger partial charge in [0, 0.05) is 30.6 Å². The van der Waals surface area contributed by atoms with Crippen LogP contribution in [0.5, 0.6) is 0 Å². The molecule has 0 saturated carbocycles. The normalized spacial score (nSPS) is 12.8. The number of carbonyl (C=O) groups excluding carboxylic acids is 1. The molecule has 0 spiro atoms. The fourth-order valence-corrected chi connectivity index (χ4v) is 2.32. The zero-order valence-electron chi connectivity index (χ0n) is 12.6. The molecule has 1 aromatic carbocycles. The molecule has 5 nitrogen and oxygen atoms in total. The van der Waals surface area contributed by atoms with E-state index in [1.165, 1.54) is 7.11 Å². The van der Waals surface area contributed by atoms with Gasteiger partial charge >= 0.3 is 6.03 Å².